The fraction of sp³-hybridized carbons (Fsp3) is 0.286. The first-order valence-corrected chi connectivity index (χ1v) is 9.04. The van der Waals surface area contributed by atoms with Crippen molar-refractivity contribution in [2.45, 2.75) is 19.8 Å². The van der Waals surface area contributed by atoms with Gasteiger partial charge in [-0.1, -0.05) is 12.1 Å². The van der Waals surface area contributed by atoms with Crippen LogP contribution in [-0.4, -0.2) is 43.3 Å². The molecule has 2 aromatic carbocycles. The predicted octanol–water partition coefficient (Wildman–Crippen LogP) is 2.72. The van der Waals surface area contributed by atoms with Crippen molar-refractivity contribution in [2.75, 3.05) is 36.6 Å². The highest BCUT2D eigenvalue weighted by Crippen LogP contribution is 2.14. The topological polar surface area (TPSA) is 90.5 Å². The summed E-state index contributed by atoms with van der Waals surface area (Å²) >= 11 is 0. The standard InChI is InChI=1S/C21H26N4O3/c1-15(26)23-18-11-9-17(10-12-18)22-14-20(27)24-19-7-4-16(5-8-19)6-13-21(28)25(2)3/h4-5,7-12,22H,6,13-14H2,1-3H3,(H,23,26)(H,24,27). The van der Waals surface area contributed by atoms with Crippen LogP contribution < -0.4 is 16.0 Å². The van der Waals surface area contributed by atoms with Gasteiger partial charge in [0.2, 0.25) is 17.7 Å². The lowest BCUT2D eigenvalue weighted by Crippen LogP contribution is -2.22. The molecule has 0 heterocycles. The minimum Gasteiger partial charge on any atom is -0.376 e. The molecule has 3 N–H and O–H groups in total. The Morgan fingerprint density at radius 1 is 0.821 bits per heavy atom. The molecule has 0 saturated carbocycles. The summed E-state index contributed by atoms with van der Waals surface area (Å²) in [5.41, 5.74) is 3.24. The summed E-state index contributed by atoms with van der Waals surface area (Å²) < 4.78 is 0. The van der Waals surface area contributed by atoms with E-state index in [0.717, 1.165) is 11.3 Å². The number of nitrogens with zero attached hydrogens (tertiary/aromatic N) is 1. The van der Waals surface area contributed by atoms with Gasteiger partial charge in [-0.15, -0.1) is 0 Å². The van der Waals surface area contributed by atoms with Crippen LogP contribution in [-0.2, 0) is 20.8 Å². The lowest BCUT2D eigenvalue weighted by atomic mass is 10.1. The van der Waals surface area contributed by atoms with Crippen LogP contribution in [0.4, 0.5) is 17.1 Å². The molecule has 0 saturated heterocycles. The number of carbonyl (C=O) groups excluding carboxylic acids is 3. The Kier molecular flexibility index (Phi) is 7.56. The molecule has 2 aromatic rings. The lowest BCUT2D eigenvalue weighted by molar-refractivity contribution is -0.128. The van der Waals surface area contributed by atoms with E-state index in [9.17, 15) is 14.4 Å². The van der Waals surface area contributed by atoms with Crippen molar-refractivity contribution in [1.29, 1.82) is 0 Å². The summed E-state index contributed by atoms with van der Waals surface area (Å²) in [4.78, 5) is 36.3. The fourth-order valence-corrected chi connectivity index (χ4v) is 2.49. The maximum Gasteiger partial charge on any atom is 0.243 e. The third-order valence-corrected chi connectivity index (χ3v) is 4.02. The molecule has 3 amide bonds. The Labute approximate surface area is 165 Å². The molecule has 0 aliphatic heterocycles. The Morgan fingerprint density at radius 3 is 1.93 bits per heavy atom. The number of carbonyl (C=O) groups is 3. The van der Waals surface area contributed by atoms with Crippen molar-refractivity contribution in [1.82, 2.24) is 4.90 Å². The molecule has 0 unspecified atom stereocenters. The number of amides is 3. The normalized spacial score (nSPS) is 10.1. The Hall–Kier alpha value is -3.35. The zero-order chi connectivity index (χ0) is 20.5. The number of benzene rings is 2. The summed E-state index contributed by atoms with van der Waals surface area (Å²) in [6, 6.07) is 14.6. The molecule has 0 radical (unpaired) electrons. The fourth-order valence-electron chi connectivity index (χ4n) is 2.49. The highest BCUT2D eigenvalue weighted by atomic mass is 16.2. The number of anilines is 3. The molecule has 148 valence electrons. The molecular formula is C21H26N4O3. The van der Waals surface area contributed by atoms with Crippen molar-refractivity contribution in [3.05, 3.63) is 54.1 Å². The van der Waals surface area contributed by atoms with Crippen LogP contribution >= 0.6 is 0 Å². The molecule has 7 nitrogen and oxygen atoms in total. The van der Waals surface area contributed by atoms with Crippen LogP contribution in [0, 0.1) is 0 Å². The van der Waals surface area contributed by atoms with Crippen LogP contribution in [0.1, 0.15) is 18.9 Å². The molecule has 0 bridgehead atoms. The monoisotopic (exact) mass is 382 g/mol. The second kappa shape index (κ2) is 10.1. The number of nitrogens with one attached hydrogen (secondary N) is 3. The third kappa shape index (κ3) is 7.11. The molecule has 0 aliphatic carbocycles. The van der Waals surface area contributed by atoms with Crippen LogP contribution in [0.5, 0.6) is 0 Å². The van der Waals surface area contributed by atoms with Crippen molar-refractivity contribution < 1.29 is 14.4 Å². The van der Waals surface area contributed by atoms with Gasteiger partial charge < -0.3 is 20.9 Å². The molecule has 2 rings (SSSR count). The van der Waals surface area contributed by atoms with E-state index >= 15 is 0 Å². The number of aryl methyl sites for hydroxylation is 1. The molecule has 28 heavy (non-hydrogen) atoms. The highest BCUT2D eigenvalue weighted by molar-refractivity contribution is 5.94. The minimum absolute atomic E-state index is 0.0913. The summed E-state index contributed by atoms with van der Waals surface area (Å²) in [7, 11) is 3.48. The Balaban J connectivity index is 1.78. The van der Waals surface area contributed by atoms with Gasteiger partial charge in [0.1, 0.15) is 0 Å². The first kappa shape index (κ1) is 21.0. The first-order chi connectivity index (χ1) is 13.3. The van der Waals surface area contributed by atoms with E-state index < -0.39 is 0 Å². The van der Waals surface area contributed by atoms with Crippen LogP contribution in [0.25, 0.3) is 0 Å². The number of hydrogen-bond donors (Lipinski definition) is 3. The van der Waals surface area contributed by atoms with Crippen molar-refractivity contribution in [3.8, 4) is 0 Å². The second-order valence-electron chi connectivity index (χ2n) is 6.65. The Bertz CT molecular complexity index is 815. The summed E-state index contributed by atoms with van der Waals surface area (Å²) in [6.07, 6.45) is 1.13. The van der Waals surface area contributed by atoms with E-state index in [2.05, 4.69) is 16.0 Å². The maximum atomic E-state index is 12.1. The van der Waals surface area contributed by atoms with Crippen LogP contribution in [0.15, 0.2) is 48.5 Å². The average Bonchev–Trinajstić information content (AvgIpc) is 2.66. The van der Waals surface area contributed by atoms with Crippen molar-refractivity contribution >= 4 is 34.8 Å². The highest BCUT2D eigenvalue weighted by Gasteiger charge is 2.06. The molecule has 0 fully saturated rings. The third-order valence-electron chi connectivity index (χ3n) is 4.02. The van der Waals surface area contributed by atoms with E-state index in [-0.39, 0.29) is 24.3 Å². The zero-order valence-electron chi connectivity index (χ0n) is 16.4. The van der Waals surface area contributed by atoms with E-state index in [4.69, 9.17) is 0 Å². The van der Waals surface area contributed by atoms with Gasteiger partial charge >= 0.3 is 0 Å². The quantitative estimate of drug-likeness (QED) is 0.655. The molecule has 0 atom stereocenters. The maximum absolute atomic E-state index is 12.1. The van der Waals surface area contributed by atoms with Gasteiger partial charge in [0, 0.05) is 44.5 Å². The van der Waals surface area contributed by atoms with Crippen molar-refractivity contribution in [3.63, 3.8) is 0 Å². The Morgan fingerprint density at radius 2 is 1.36 bits per heavy atom. The van der Waals surface area contributed by atoms with E-state index in [1.807, 2.05) is 24.3 Å². The van der Waals surface area contributed by atoms with Gasteiger partial charge in [0.05, 0.1) is 6.54 Å². The van der Waals surface area contributed by atoms with E-state index in [0.29, 0.717) is 24.2 Å². The molecule has 7 heteroatoms. The van der Waals surface area contributed by atoms with Crippen LogP contribution in [0.2, 0.25) is 0 Å². The van der Waals surface area contributed by atoms with Gasteiger partial charge in [0.15, 0.2) is 0 Å². The lowest BCUT2D eigenvalue weighted by Gasteiger charge is -2.11. The van der Waals surface area contributed by atoms with E-state index in [1.165, 1.54) is 6.92 Å². The van der Waals surface area contributed by atoms with Gasteiger partial charge in [0.25, 0.3) is 0 Å². The molecule has 0 aromatic heterocycles. The minimum atomic E-state index is -0.165. The predicted molar refractivity (Wildman–Crippen MR) is 111 cm³/mol. The zero-order valence-corrected chi connectivity index (χ0v) is 16.4. The average molecular weight is 382 g/mol. The summed E-state index contributed by atoms with van der Waals surface area (Å²) in [6.45, 7) is 1.57. The van der Waals surface area contributed by atoms with Gasteiger partial charge in [-0.05, 0) is 48.4 Å². The van der Waals surface area contributed by atoms with E-state index in [1.54, 1.807) is 43.3 Å². The summed E-state index contributed by atoms with van der Waals surface area (Å²) in [5.74, 6) is -0.203. The van der Waals surface area contributed by atoms with Gasteiger partial charge in [-0.3, -0.25) is 14.4 Å². The van der Waals surface area contributed by atoms with Gasteiger partial charge in [-0.2, -0.15) is 0 Å². The SMILES string of the molecule is CC(=O)Nc1ccc(NCC(=O)Nc2ccc(CCC(=O)N(C)C)cc2)cc1. The smallest absolute Gasteiger partial charge is 0.243 e. The van der Waals surface area contributed by atoms with Gasteiger partial charge in [-0.25, -0.2) is 0 Å². The summed E-state index contributed by atoms with van der Waals surface area (Å²) in [5, 5.41) is 8.55. The second-order valence-corrected chi connectivity index (χ2v) is 6.65. The molecular weight excluding hydrogens is 356 g/mol. The van der Waals surface area contributed by atoms with Crippen molar-refractivity contribution in [2.24, 2.45) is 0 Å². The largest absolute Gasteiger partial charge is 0.376 e. The molecule has 0 aliphatic rings. The number of rotatable bonds is 8. The molecule has 0 spiro atoms. The van der Waals surface area contributed by atoms with Crippen LogP contribution in [0.3, 0.4) is 0 Å². The number of hydrogen-bond acceptors (Lipinski definition) is 4. The first-order valence-electron chi connectivity index (χ1n) is 9.04.